The number of amides is 1. The third-order valence-electron chi connectivity index (χ3n) is 1.87. The van der Waals surface area contributed by atoms with Crippen molar-refractivity contribution < 1.29 is 18.5 Å². The van der Waals surface area contributed by atoms with Crippen molar-refractivity contribution >= 4 is 11.6 Å². The van der Waals surface area contributed by atoms with Crippen LogP contribution in [0, 0.1) is 21.7 Å². The summed E-state index contributed by atoms with van der Waals surface area (Å²) in [7, 11) is 2.72. The zero-order chi connectivity index (χ0) is 12.5. The van der Waals surface area contributed by atoms with Crippen molar-refractivity contribution in [1.82, 2.24) is 4.90 Å². The van der Waals surface area contributed by atoms with E-state index in [4.69, 9.17) is 0 Å². The van der Waals surface area contributed by atoms with Gasteiger partial charge in [0.25, 0.3) is 5.91 Å². The highest BCUT2D eigenvalue weighted by atomic mass is 19.1. The molecule has 0 atom stereocenters. The molecule has 0 heterocycles. The summed E-state index contributed by atoms with van der Waals surface area (Å²) < 4.78 is 26.4. The Hall–Kier alpha value is -2.05. The van der Waals surface area contributed by atoms with E-state index >= 15 is 0 Å². The summed E-state index contributed by atoms with van der Waals surface area (Å²) in [4.78, 5) is 21.6. The molecule has 0 unspecified atom stereocenters. The summed E-state index contributed by atoms with van der Waals surface area (Å²) in [5.74, 6) is -3.12. The minimum Gasteiger partial charge on any atom is -0.345 e. The van der Waals surface area contributed by atoms with Crippen LogP contribution in [0.1, 0.15) is 10.4 Å². The Morgan fingerprint density at radius 1 is 1.31 bits per heavy atom. The first-order valence-corrected chi connectivity index (χ1v) is 4.19. The zero-order valence-electron chi connectivity index (χ0n) is 8.53. The first-order chi connectivity index (χ1) is 7.34. The zero-order valence-corrected chi connectivity index (χ0v) is 8.53. The van der Waals surface area contributed by atoms with Crippen molar-refractivity contribution in [3.63, 3.8) is 0 Å². The van der Waals surface area contributed by atoms with E-state index in [-0.39, 0.29) is 0 Å². The number of halogens is 2. The molecule has 0 aliphatic carbocycles. The minimum absolute atomic E-state index is 0.395. The Morgan fingerprint density at radius 3 is 2.31 bits per heavy atom. The van der Waals surface area contributed by atoms with Gasteiger partial charge < -0.3 is 4.90 Å². The summed E-state index contributed by atoms with van der Waals surface area (Å²) in [6, 6.07) is 0.919. The highest BCUT2D eigenvalue weighted by Gasteiger charge is 2.22. The molecule has 5 nitrogen and oxygen atoms in total. The molecule has 0 aliphatic rings. The first kappa shape index (κ1) is 12.0. The van der Waals surface area contributed by atoms with Crippen molar-refractivity contribution in [1.29, 1.82) is 0 Å². The molecule has 0 aromatic heterocycles. The van der Waals surface area contributed by atoms with Crippen LogP contribution in [0.3, 0.4) is 0 Å². The van der Waals surface area contributed by atoms with E-state index in [1.54, 1.807) is 0 Å². The van der Waals surface area contributed by atoms with Gasteiger partial charge in [0.15, 0.2) is 0 Å². The predicted octanol–water partition coefficient (Wildman–Crippen LogP) is 1.57. The number of benzene rings is 1. The molecule has 0 fully saturated rings. The molecule has 0 aliphatic heterocycles. The maximum Gasteiger partial charge on any atom is 0.307 e. The number of nitro groups is 1. The second kappa shape index (κ2) is 4.21. The molecule has 1 aromatic carbocycles. The second-order valence-electron chi connectivity index (χ2n) is 3.24. The smallest absolute Gasteiger partial charge is 0.307 e. The molecule has 1 rings (SSSR count). The van der Waals surface area contributed by atoms with Crippen LogP contribution in [0.15, 0.2) is 12.1 Å². The molecular weight excluding hydrogens is 222 g/mol. The molecule has 0 saturated carbocycles. The van der Waals surface area contributed by atoms with E-state index in [0.29, 0.717) is 12.1 Å². The largest absolute Gasteiger partial charge is 0.345 e. The minimum atomic E-state index is -1.24. The van der Waals surface area contributed by atoms with Gasteiger partial charge in [0.1, 0.15) is 5.82 Å². The van der Waals surface area contributed by atoms with Gasteiger partial charge in [-0.1, -0.05) is 0 Å². The third-order valence-corrected chi connectivity index (χ3v) is 1.87. The van der Waals surface area contributed by atoms with Gasteiger partial charge in [0, 0.05) is 14.1 Å². The van der Waals surface area contributed by atoms with Gasteiger partial charge in [-0.3, -0.25) is 14.9 Å². The number of nitrogens with zero attached hydrogens (tertiary/aromatic N) is 2. The molecule has 0 bridgehead atoms. The lowest BCUT2D eigenvalue weighted by Gasteiger charge is -2.10. The molecular formula is C9H8F2N2O3. The fourth-order valence-electron chi connectivity index (χ4n) is 1.08. The Kier molecular flexibility index (Phi) is 3.17. The fourth-order valence-corrected chi connectivity index (χ4v) is 1.08. The number of rotatable bonds is 2. The number of nitro benzene ring substituents is 1. The summed E-state index contributed by atoms with van der Waals surface area (Å²) in [6.45, 7) is 0. The van der Waals surface area contributed by atoms with Gasteiger partial charge in [-0.15, -0.1) is 0 Å². The normalized spacial score (nSPS) is 10.0. The van der Waals surface area contributed by atoms with Crippen LogP contribution >= 0.6 is 0 Å². The van der Waals surface area contributed by atoms with Crippen LogP contribution in [-0.4, -0.2) is 29.8 Å². The van der Waals surface area contributed by atoms with Crippen LogP contribution in [-0.2, 0) is 0 Å². The maximum absolute atomic E-state index is 13.3. The summed E-state index contributed by atoms with van der Waals surface area (Å²) in [5.41, 5.74) is -1.53. The first-order valence-electron chi connectivity index (χ1n) is 4.19. The van der Waals surface area contributed by atoms with E-state index in [1.165, 1.54) is 14.1 Å². The van der Waals surface area contributed by atoms with Gasteiger partial charge in [0.05, 0.1) is 16.6 Å². The van der Waals surface area contributed by atoms with E-state index in [9.17, 15) is 23.7 Å². The highest BCUT2D eigenvalue weighted by Crippen LogP contribution is 2.21. The standard InChI is InChI=1S/C9H8F2N2O3/c1-12(2)9(14)5-3-7(11)8(13(15)16)4-6(5)10/h3-4H,1-2H3. The van der Waals surface area contributed by atoms with Crippen molar-refractivity contribution in [2.24, 2.45) is 0 Å². The van der Waals surface area contributed by atoms with Crippen molar-refractivity contribution in [3.05, 3.63) is 39.4 Å². The van der Waals surface area contributed by atoms with Gasteiger partial charge in [0.2, 0.25) is 5.82 Å². The summed E-state index contributed by atoms with van der Waals surface area (Å²) >= 11 is 0. The lowest BCUT2D eigenvalue weighted by molar-refractivity contribution is -0.387. The molecule has 1 aromatic rings. The van der Waals surface area contributed by atoms with Gasteiger partial charge in [-0.2, -0.15) is 4.39 Å². The number of carbonyl (C=O) groups excluding carboxylic acids is 1. The van der Waals surface area contributed by atoms with Crippen molar-refractivity contribution in [3.8, 4) is 0 Å². The predicted molar refractivity (Wildman–Crippen MR) is 51.0 cm³/mol. The van der Waals surface area contributed by atoms with Crippen LogP contribution in [0.5, 0.6) is 0 Å². The molecule has 0 spiro atoms. The lowest BCUT2D eigenvalue weighted by Crippen LogP contribution is -2.23. The number of hydrogen-bond acceptors (Lipinski definition) is 3. The van der Waals surface area contributed by atoms with E-state index in [1.807, 2.05) is 0 Å². The molecule has 7 heteroatoms. The molecule has 0 N–H and O–H groups in total. The molecule has 0 radical (unpaired) electrons. The fraction of sp³-hybridized carbons (Fsp3) is 0.222. The third kappa shape index (κ3) is 2.13. The maximum atomic E-state index is 13.3. The molecule has 0 saturated heterocycles. The lowest BCUT2D eigenvalue weighted by atomic mass is 10.1. The SMILES string of the molecule is CN(C)C(=O)c1cc(F)c([N+](=O)[O-])cc1F. The van der Waals surface area contributed by atoms with Crippen LogP contribution in [0.25, 0.3) is 0 Å². The number of carbonyl (C=O) groups is 1. The monoisotopic (exact) mass is 230 g/mol. The van der Waals surface area contributed by atoms with E-state index < -0.39 is 33.7 Å². The Bertz CT molecular complexity index is 460. The van der Waals surface area contributed by atoms with E-state index in [0.717, 1.165) is 4.90 Å². The van der Waals surface area contributed by atoms with E-state index in [2.05, 4.69) is 0 Å². The quantitative estimate of drug-likeness (QED) is 0.572. The average molecular weight is 230 g/mol. The highest BCUT2D eigenvalue weighted by molar-refractivity contribution is 5.94. The summed E-state index contributed by atoms with van der Waals surface area (Å²) in [6.07, 6.45) is 0. The van der Waals surface area contributed by atoms with Crippen LogP contribution in [0.4, 0.5) is 14.5 Å². The molecule has 1 amide bonds. The Labute approximate surface area is 89.4 Å². The van der Waals surface area contributed by atoms with Crippen LogP contribution in [0.2, 0.25) is 0 Å². The molecule has 16 heavy (non-hydrogen) atoms. The van der Waals surface area contributed by atoms with Gasteiger partial charge in [-0.25, -0.2) is 4.39 Å². The Balaban J connectivity index is 3.31. The van der Waals surface area contributed by atoms with Crippen LogP contribution < -0.4 is 0 Å². The summed E-state index contributed by atoms with van der Waals surface area (Å²) in [5, 5.41) is 10.3. The second-order valence-corrected chi connectivity index (χ2v) is 3.24. The van der Waals surface area contributed by atoms with Crippen molar-refractivity contribution in [2.75, 3.05) is 14.1 Å². The van der Waals surface area contributed by atoms with Gasteiger partial charge in [-0.05, 0) is 6.07 Å². The number of hydrogen-bond donors (Lipinski definition) is 0. The Morgan fingerprint density at radius 2 is 1.88 bits per heavy atom. The average Bonchev–Trinajstić information content (AvgIpc) is 2.19. The van der Waals surface area contributed by atoms with Gasteiger partial charge >= 0.3 is 5.69 Å². The topological polar surface area (TPSA) is 63.5 Å². The molecule has 86 valence electrons. The van der Waals surface area contributed by atoms with Crippen molar-refractivity contribution in [2.45, 2.75) is 0 Å².